The third kappa shape index (κ3) is 3.48. The summed E-state index contributed by atoms with van der Waals surface area (Å²) >= 11 is 3.45. The monoisotopic (exact) mass is 415 g/mol. The first kappa shape index (κ1) is 18.1. The highest BCUT2D eigenvalue weighted by Crippen LogP contribution is 2.21. The Morgan fingerprint density at radius 2 is 1.92 bits per heavy atom. The number of amides is 1. The highest BCUT2D eigenvalue weighted by atomic mass is 79.9. The van der Waals surface area contributed by atoms with Crippen molar-refractivity contribution in [2.24, 2.45) is 0 Å². The number of nitrogens with zero attached hydrogens (tertiary/aromatic N) is 2. The van der Waals surface area contributed by atoms with Gasteiger partial charge in [0, 0.05) is 16.4 Å². The third-order valence-corrected chi connectivity index (χ3v) is 4.35. The van der Waals surface area contributed by atoms with E-state index in [1.165, 1.54) is 0 Å². The molecule has 0 aliphatic carbocycles. The zero-order valence-corrected chi connectivity index (χ0v) is 16.3. The Morgan fingerprint density at radius 3 is 2.58 bits per heavy atom. The van der Waals surface area contributed by atoms with Gasteiger partial charge in [0.25, 0.3) is 5.91 Å². The van der Waals surface area contributed by atoms with E-state index in [4.69, 9.17) is 4.74 Å². The minimum Gasteiger partial charge on any atom is -0.462 e. The number of imidazole rings is 1. The van der Waals surface area contributed by atoms with Gasteiger partial charge in [-0.3, -0.25) is 9.20 Å². The molecule has 26 heavy (non-hydrogen) atoms. The molecule has 0 saturated carbocycles. The molecule has 134 valence electrons. The smallest absolute Gasteiger partial charge is 0.338 e. The average molecular weight is 416 g/mol. The van der Waals surface area contributed by atoms with Crippen molar-refractivity contribution in [3.63, 3.8) is 0 Å². The first-order valence-electron chi connectivity index (χ1n) is 8.14. The van der Waals surface area contributed by atoms with Gasteiger partial charge in [0.15, 0.2) is 0 Å². The van der Waals surface area contributed by atoms with Crippen LogP contribution in [-0.4, -0.2) is 27.9 Å². The summed E-state index contributed by atoms with van der Waals surface area (Å²) in [5.41, 5.74) is 3.86. The highest BCUT2D eigenvalue weighted by Gasteiger charge is 2.18. The maximum Gasteiger partial charge on any atom is 0.338 e. The fourth-order valence-electron chi connectivity index (χ4n) is 2.75. The Balaban J connectivity index is 1.88. The normalized spacial score (nSPS) is 10.8. The standard InChI is InChI=1S/C19H18BrN3O3/c1-4-26-19(25)13-5-7-15(8-6-13)22-18(24)16-12(3)21-17-11(2)9-14(20)10-23(16)17/h5-10H,4H2,1-3H3,(H,22,24). The molecule has 0 aliphatic rings. The predicted molar refractivity (Wildman–Crippen MR) is 103 cm³/mol. The van der Waals surface area contributed by atoms with E-state index >= 15 is 0 Å². The number of hydrogen-bond acceptors (Lipinski definition) is 4. The number of benzene rings is 1. The minimum atomic E-state index is -0.386. The first-order valence-corrected chi connectivity index (χ1v) is 8.93. The molecular weight excluding hydrogens is 398 g/mol. The van der Waals surface area contributed by atoms with Gasteiger partial charge >= 0.3 is 5.97 Å². The molecule has 0 atom stereocenters. The number of anilines is 1. The molecule has 0 unspecified atom stereocenters. The molecule has 0 fully saturated rings. The van der Waals surface area contributed by atoms with E-state index in [1.54, 1.807) is 42.5 Å². The van der Waals surface area contributed by atoms with Gasteiger partial charge in [-0.15, -0.1) is 0 Å². The number of nitrogens with one attached hydrogen (secondary N) is 1. The molecule has 1 N–H and O–H groups in total. The van der Waals surface area contributed by atoms with Gasteiger partial charge in [-0.1, -0.05) is 0 Å². The average Bonchev–Trinajstić information content (AvgIpc) is 2.92. The molecule has 0 aliphatic heterocycles. The maximum absolute atomic E-state index is 12.8. The summed E-state index contributed by atoms with van der Waals surface area (Å²) in [5.74, 6) is -0.653. The van der Waals surface area contributed by atoms with Gasteiger partial charge in [-0.25, -0.2) is 9.78 Å². The Hall–Kier alpha value is -2.67. The topological polar surface area (TPSA) is 72.7 Å². The van der Waals surface area contributed by atoms with Crippen molar-refractivity contribution in [3.8, 4) is 0 Å². The first-order chi connectivity index (χ1) is 12.4. The summed E-state index contributed by atoms with van der Waals surface area (Å²) in [6, 6.07) is 8.54. The van der Waals surface area contributed by atoms with Crippen molar-refractivity contribution < 1.29 is 14.3 Å². The molecule has 0 saturated heterocycles. The largest absolute Gasteiger partial charge is 0.462 e. The van der Waals surface area contributed by atoms with E-state index < -0.39 is 0 Å². The fraction of sp³-hybridized carbons (Fsp3) is 0.211. The number of aromatic nitrogens is 2. The molecule has 6 nitrogen and oxygen atoms in total. The van der Waals surface area contributed by atoms with Crippen molar-refractivity contribution in [1.82, 2.24) is 9.38 Å². The third-order valence-electron chi connectivity index (χ3n) is 3.91. The van der Waals surface area contributed by atoms with Gasteiger partial charge in [-0.05, 0) is 72.6 Å². The van der Waals surface area contributed by atoms with Crippen LogP contribution in [0.4, 0.5) is 5.69 Å². The van der Waals surface area contributed by atoms with Crippen molar-refractivity contribution in [1.29, 1.82) is 0 Å². The lowest BCUT2D eigenvalue weighted by Gasteiger charge is -2.08. The lowest BCUT2D eigenvalue weighted by molar-refractivity contribution is 0.0526. The van der Waals surface area contributed by atoms with Crippen LogP contribution >= 0.6 is 15.9 Å². The zero-order valence-electron chi connectivity index (χ0n) is 14.7. The summed E-state index contributed by atoms with van der Waals surface area (Å²) in [6.07, 6.45) is 1.82. The Labute approximate surface area is 159 Å². The number of halogens is 1. The van der Waals surface area contributed by atoms with Crippen LogP contribution < -0.4 is 5.32 Å². The van der Waals surface area contributed by atoms with Crippen molar-refractivity contribution >= 4 is 39.1 Å². The zero-order chi connectivity index (χ0) is 18.8. The van der Waals surface area contributed by atoms with E-state index in [1.807, 2.05) is 19.2 Å². The molecule has 1 aromatic carbocycles. The molecule has 2 aromatic heterocycles. The van der Waals surface area contributed by atoms with E-state index in [2.05, 4.69) is 26.2 Å². The Bertz CT molecular complexity index is 993. The van der Waals surface area contributed by atoms with E-state index in [-0.39, 0.29) is 11.9 Å². The number of carbonyl (C=O) groups excluding carboxylic acids is 2. The Kier molecular flexibility index (Phi) is 5.08. The van der Waals surface area contributed by atoms with Crippen molar-refractivity contribution in [2.75, 3.05) is 11.9 Å². The summed E-state index contributed by atoms with van der Waals surface area (Å²) in [5, 5.41) is 2.85. The second-order valence-electron chi connectivity index (χ2n) is 5.83. The second-order valence-corrected chi connectivity index (χ2v) is 6.75. The van der Waals surface area contributed by atoms with Crippen molar-refractivity contribution in [3.05, 3.63) is 63.5 Å². The van der Waals surface area contributed by atoms with Crippen LogP contribution in [0.2, 0.25) is 0 Å². The molecule has 7 heteroatoms. The van der Waals surface area contributed by atoms with Crippen LogP contribution in [0.1, 0.15) is 39.0 Å². The van der Waals surface area contributed by atoms with Crippen LogP contribution in [0.25, 0.3) is 5.65 Å². The van der Waals surface area contributed by atoms with E-state index in [0.717, 1.165) is 15.7 Å². The molecule has 0 spiro atoms. The predicted octanol–water partition coefficient (Wildman–Crippen LogP) is 4.14. The number of aryl methyl sites for hydroxylation is 2. The number of hydrogen-bond donors (Lipinski definition) is 1. The molecule has 1 amide bonds. The number of fused-ring (bicyclic) bond motifs is 1. The number of pyridine rings is 1. The van der Waals surface area contributed by atoms with Crippen LogP contribution in [0, 0.1) is 13.8 Å². The maximum atomic E-state index is 12.8. The molecule has 2 heterocycles. The Morgan fingerprint density at radius 1 is 1.23 bits per heavy atom. The van der Waals surface area contributed by atoms with Crippen molar-refractivity contribution in [2.45, 2.75) is 20.8 Å². The molecule has 3 rings (SSSR count). The van der Waals surface area contributed by atoms with E-state index in [0.29, 0.717) is 29.2 Å². The van der Waals surface area contributed by atoms with Gasteiger partial charge in [0.1, 0.15) is 11.3 Å². The van der Waals surface area contributed by atoms with Gasteiger partial charge in [0.2, 0.25) is 0 Å². The SMILES string of the molecule is CCOC(=O)c1ccc(NC(=O)c2c(C)nc3c(C)cc(Br)cn23)cc1. The molecule has 3 aromatic rings. The van der Waals surface area contributed by atoms with Gasteiger partial charge in [-0.2, -0.15) is 0 Å². The van der Waals surface area contributed by atoms with Crippen LogP contribution in [0.3, 0.4) is 0 Å². The van der Waals surface area contributed by atoms with Crippen LogP contribution in [0.5, 0.6) is 0 Å². The summed E-state index contributed by atoms with van der Waals surface area (Å²) in [4.78, 5) is 29.0. The summed E-state index contributed by atoms with van der Waals surface area (Å²) in [7, 11) is 0. The highest BCUT2D eigenvalue weighted by molar-refractivity contribution is 9.10. The summed E-state index contributed by atoms with van der Waals surface area (Å²) < 4.78 is 7.59. The molecule has 0 radical (unpaired) electrons. The van der Waals surface area contributed by atoms with Crippen LogP contribution in [-0.2, 0) is 4.74 Å². The summed E-state index contributed by atoms with van der Waals surface area (Å²) in [6.45, 7) is 5.83. The molecule has 0 bridgehead atoms. The number of ether oxygens (including phenoxy) is 1. The fourth-order valence-corrected chi connectivity index (χ4v) is 3.30. The van der Waals surface area contributed by atoms with Crippen LogP contribution in [0.15, 0.2) is 41.0 Å². The lowest BCUT2D eigenvalue weighted by atomic mass is 10.2. The second kappa shape index (κ2) is 7.29. The molecular formula is C19H18BrN3O3. The van der Waals surface area contributed by atoms with Gasteiger partial charge < -0.3 is 10.1 Å². The lowest BCUT2D eigenvalue weighted by Crippen LogP contribution is -2.16. The quantitative estimate of drug-likeness (QED) is 0.649. The minimum absolute atomic E-state index is 0.267. The van der Waals surface area contributed by atoms with Gasteiger partial charge in [0.05, 0.1) is 17.9 Å². The number of rotatable bonds is 4. The number of esters is 1. The number of carbonyl (C=O) groups is 2. The van der Waals surface area contributed by atoms with E-state index in [9.17, 15) is 9.59 Å².